The van der Waals surface area contributed by atoms with Crippen molar-refractivity contribution in [3.05, 3.63) is 62.8 Å². The fourth-order valence-electron chi connectivity index (χ4n) is 4.85. The molecule has 2 N–H and O–H groups in total. The maximum atomic E-state index is 14.0. The number of anilines is 2. The van der Waals surface area contributed by atoms with Gasteiger partial charge in [0.15, 0.2) is 11.5 Å². The molecule has 0 bridgehead atoms. The van der Waals surface area contributed by atoms with Crippen LogP contribution in [0.25, 0.3) is 0 Å². The van der Waals surface area contributed by atoms with Gasteiger partial charge in [0.25, 0.3) is 5.91 Å². The predicted octanol–water partition coefficient (Wildman–Crippen LogP) is 8.05. The summed E-state index contributed by atoms with van der Waals surface area (Å²) in [6.45, 7) is 13.3. The molecule has 4 rings (SSSR count). The van der Waals surface area contributed by atoms with E-state index in [1.54, 1.807) is 16.4 Å². The molecule has 10 heteroatoms. The van der Waals surface area contributed by atoms with Gasteiger partial charge in [-0.2, -0.15) is 4.98 Å². The molecule has 220 valence electrons. The molecule has 1 unspecified atom stereocenters. The number of unbranched alkanes of at least 4 members (excludes halogenated alkanes) is 3. The van der Waals surface area contributed by atoms with E-state index in [2.05, 4.69) is 40.4 Å². The lowest BCUT2D eigenvalue weighted by atomic mass is 9.94. The first-order valence-corrected chi connectivity index (χ1v) is 16.1. The van der Waals surface area contributed by atoms with Gasteiger partial charge < -0.3 is 20.1 Å². The van der Waals surface area contributed by atoms with Crippen molar-refractivity contribution in [2.75, 3.05) is 29.6 Å². The molecule has 2 heterocycles. The van der Waals surface area contributed by atoms with Crippen molar-refractivity contribution in [1.82, 2.24) is 14.8 Å². The minimum atomic E-state index is -0.538. The van der Waals surface area contributed by atoms with Gasteiger partial charge in [-0.25, -0.2) is 4.68 Å². The molecule has 1 aliphatic heterocycles. The maximum Gasteiger partial charge on any atom is 0.255 e. The topological polar surface area (TPSA) is 90.3 Å². The van der Waals surface area contributed by atoms with Crippen LogP contribution in [-0.2, 0) is 4.79 Å². The van der Waals surface area contributed by atoms with E-state index in [0.29, 0.717) is 41.4 Å². The lowest BCUT2D eigenvalue weighted by Gasteiger charge is -2.29. The fourth-order valence-corrected chi connectivity index (χ4v) is 5.98. The first-order valence-electron chi connectivity index (χ1n) is 14.3. The van der Waals surface area contributed by atoms with Crippen molar-refractivity contribution in [3.63, 3.8) is 0 Å². The van der Waals surface area contributed by atoms with E-state index in [-0.39, 0.29) is 5.91 Å². The van der Waals surface area contributed by atoms with E-state index in [1.165, 1.54) is 12.8 Å². The highest BCUT2D eigenvalue weighted by atomic mass is 79.9. The van der Waals surface area contributed by atoms with E-state index in [4.69, 9.17) is 19.6 Å². The first kappa shape index (κ1) is 31.0. The van der Waals surface area contributed by atoms with Gasteiger partial charge in [0.2, 0.25) is 11.1 Å². The average Bonchev–Trinajstić information content (AvgIpc) is 3.33. The Balaban J connectivity index is 1.77. The van der Waals surface area contributed by atoms with Gasteiger partial charge in [-0.1, -0.05) is 57.0 Å². The van der Waals surface area contributed by atoms with Gasteiger partial charge in [-0.15, -0.1) is 5.10 Å². The lowest BCUT2D eigenvalue weighted by Crippen LogP contribution is -2.31. The summed E-state index contributed by atoms with van der Waals surface area (Å²) in [6, 6.07) is 9.33. The highest BCUT2D eigenvalue weighted by Crippen LogP contribution is 2.43. The Morgan fingerprint density at radius 2 is 1.93 bits per heavy atom. The SMILES string of the molecule is CCCCCCOc1c(Br)cc(C2C(C(=O)Nc3cccc(C)c3C)=C(C)Nc3nc(SCC)nn32)cc1OCC. The van der Waals surface area contributed by atoms with Crippen molar-refractivity contribution in [1.29, 1.82) is 0 Å². The second kappa shape index (κ2) is 14.3. The second-order valence-electron chi connectivity index (χ2n) is 10.0. The number of fused-ring (bicyclic) bond motifs is 1. The van der Waals surface area contributed by atoms with Gasteiger partial charge in [0.05, 0.1) is 23.3 Å². The standard InChI is InChI=1S/C31H40BrN5O3S/c1-7-10-11-12-16-40-28-23(32)17-22(18-25(28)39-8-2)27-26(29(38)34-24-15-13-14-19(4)20(24)5)21(6)33-30-35-31(41-9-3)36-37(27)30/h13-15,17-18,27H,7-12,16H2,1-6H3,(H,34,38)(H,33,35,36). The molecule has 3 aromatic rings. The molecular formula is C31H40BrN5O3S. The number of carbonyl (C=O) groups excluding carboxylic acids is 1. The largest absolute Gasteiger partial charge is 0.490 e. The molecule has 0 aliphatic carbocycles. The van der Waals surface area contributed by atoms with Crippen molar-refractivity contribution in [3.8, 4) is 11.5 Å². The third-order valence-corrected chi connectivity index (χ3v) is 8.40. The predicted molar refractivity (Wildman–Crippen MR) is 170 cm³/mol. The van der Waals surface area contributed by atoms with Crippen LogP contribution in [0.15, 0.2) is 51.2 Å². The number of rotatable bonds is 13. The third kappa shape index (κ3) is 7.09. The number of ether oxygens (including phenoxy) is 2. The zero-order valence-electron chi connectivity index (χ0n) is 24.8. The summed E-state index contributed by atoms with van der Waals surface area (Å²) in [5.74, 6) is 2.53. The van der Waals surface area contributed by atoms with Crippen molar-refractivity contribution in [2.24, 2.45) is 0 Å². The zero-order valence-corrected chi connectivity index (χ0v) is 27.2. The van der Waals surface area contributed by atoms with Gasteiger partial charge >= 0.3 is 0 Å². The fraction of sp³-hybridized carbons (Fsp3) is 0.452. The van der Waals surface area contributed by atoms with Crippen LogP contribution in [0.5, 0.6) is 11.5 Å². The van der Waals surface area contributed by atoms with E-state index in [0.717, 1.165) is 51.1 Å². The Morgan fingerprint density at radius 1 is 1.12 bits per heavy atom. The quantitative estimate of drug-likeness (QED) is 0.144. The van der Waals surface area contributed by atoms with Crippen LogP contribution in [-0.4, -0.2) is 39.6 Å². The van der Waals surface area contributed by atoms with Crippen molar-refractivity contribution in [2.45, 2.75) is 78.4 Å². The van der Waals surface area contributed by atoms with E-state index in [1.807, 2.05) is 58.0 Å². The van der Waals surface area contributed by atoms with Gasteiger partial charge in [-0.3, -0.25) is 4.79 Å². The second-order valence-corrected chi connectivity index (χ2v) is 12.1. The van der Waals surface area contributed by atoms with Crippen molar-refractivity contribution >= 4 is 45.2 Å². The van der Waals surface area contributed by atoms with Crippen LogP contribution >= 0.6 is 27.7 Å². The molecule has 8 nitrogen and oxygen atoms in total. The molecule has 0 saturated carbocycles. The molecule has 0 radical (unpaired) electrons. The summed E-state index contributed by atoms with van der Waals surface area (Å²) in [4.78, 5) is 18.7. The lowest BCUT2D eigenvalue weighted by molar-refractivity contribution is -0.113. The number of nitrogens with zero attached hydrogens (tertiary/aromatic N) is 3. The number of halogens is 1. The first-order chi connectivity index (χ1) is 19.8. The number of hydrogen-bond acceptors (Lipinski definition) is 7. The molecule has 41 heavy (non-hydrogen) atoms. The summed E-state index contributed by atoms with van der Waals surface area (Å²) < 4.78 is 14.8. The monoisotopic (exact) mass is 641 g/mol. The van der Waals surface area contributed by atoms with Gasteiger partial charge in [-0.05, 0) is 90.7 Å². The van der Waals surface area contributed by atoms with Gasteiger partial charge in [0.1, 0.15) is 6.04 Å². The molecule has 0 fully saturated rings. The molecular weight excluding hydrogens is 602 g/mol. The van der Waals surface area contributed by atoms with Crippen LogP contribution in [0.2, 0.25) is 0 Å². The minimum Gasteiger partial charge on any atom is -0.490 e. The molecule has 0 saturated heterocycles. The summed E-state index contributed by atoms with van der Waals surface area (Å²) >= 11 is 5.30. The van der Waals surface area contributed by atoms with Crippen LogP contribution in [0.3, 0.4) is 0 Å². The zero-order chi connectivity index (χ0) is 29.5. The Bertz CT molecular complexity index is 1420. The molecule has 2 aromatic carbocycles. The molecule has 0 spiro atoms. The van der Waals surface area contributed by atoms with Gasteiger partial charge in [0, 0.05) is 11.4 Å². The molecule has 1 aromatic heterocycles. The maximum absolute atomic E-state index is 14.0. The summed E-state index contributed by atoms with van der Waals surface area (Å²) in [5, 5.41) is 11.9. The highest BCUT2D eigenvalue weighted by Gasteiger charge is 2.35. The normalized spacial score (nSPS) is 14.5. The van der Waals surface area contributed by atoms with E-state index < -0.39 is 6.04 Å². The Hall–Kier alpha value is -2.98. The summed E-state index contributed by atoms with van der Waals surface area (Å²) in [5.41, 5.74) is 5.04. The molecule has 1 amide bonds. The van der Waals surface area contributed by atoms with Crippen molar-refractivity contribution < 1.29 is 14.3 Å². The number of hydrogen-bond donors (Lipinski definition) is 2. The Labute approximate surface area is 255 Å². The number of amides is 1. The number of carbonyl (C=O) groups is 1. The number of benzene rings is 2. The summed E-state index contributed by atoms with van der Waals surface area (Å²) in [7, 11) is 0. The molecule has 1 atom stereocenters. The number of allylic oxidation sites excluding steroid dienone is 1. The highest BCUT2D eigenvalue weighted by molar-refractivity contribution is 9.10. The van der Waals surface area contributed by atoms with Crippen LogP contribution in [0, 0.1) is 13.8 Å². The average molecular weight is 643 g/mol. The van der Waals surface area contributed by atoms with E-state index >= 15 is 0 Å². The van der Waals surface area contributed by atoms with Crippen LogP contribution in [0.1, 0.15) is 76.1 Å². The third-order valence-electron chi connectivity index (χ3n) is 7.10. The Morgan fingerprint density at radius 3 is 2.66 bits per heavy atom. The number of nitrogens with one attached hydrogen (secondary N) is 2. The smallest absolute Gasteiger partial charge is 0.255 e. The Kier molecular flexibility index (Phi) is 10.8. The van der Waals surface area contributed by atoms with Crippen LogP contribution in [0.4, 0.5) is 11.6 Å². The number of thioether (sulfide) groups is 1. The number of aromatic nitrogens is 3. The van der Waals surface area contributed by atoms with Crippen LogP contribution < -0.4 is 20.1 Å². The summed E-state index contributed by atoms with van der Waals surface area (Å²) in [6.07, 6.45) is 4.47. The minimum absolute atomic E-state index is 0.204. The number of aryl methyl sites for hydroxylation is 1. The molecule has 1 aliphatic rings. The van der Waals surface area contributed by atoms with E-state index in [9.17, 15) is 4.79 Å².